The summed E-state index contributed by atoms with van der Waals surface area (Å²) >= 11 is 0. The Hall–Kier alpha value is -2.11. The molecule has 0 bridgehead atoms. The Morgan fingerprint density at radius 2 is 1.36 bits per heavy atom. The van der Waals surface area contributed by atoms with Gasteiger partial charge >= 0.3 is 24.5 Å². The molecule has 0 aromatic rings. The molecule has 0 saturated carbocycles. The van der Waals surface area contributed by atoms with Crippen molar-refractivity contribution in [2.75, 3.05) is 0 Å². The van der Waals surface area contributed by atoms with E-state index in [1.807, 2.05) is 0 Å². The molecule has 1 unspecified atom stereocenters. The maximum Gasteiger partial charge on any atom is 0.435 e. The highest BCUT2D eigenvalue weighted by molar-refractivity contribution is 5.87. The summed E-state index contributed by atoms with van der Waals surface area (Å²) in [6, 6.07) is -2.64. The topological polar surface area (TPSA) is 102 Å². The van der Waals surface area contributed by atoms with Crippen molar-refractivity contribution in [3.8, 4) is 0 Å². The van der Waals surface area contributed by atoms with E-state index in [4.69, 9.17) is 9.47 Å². The Labute approximate surface area is 141 Å². The number of amides is 2. The highest BCUT2D eigenvalue weighted by Gasteiger charge is 2.76. The zero-order valence-electron chi connectivity index (χ0n) is 14.6. The van der Waals surface area contributed by atoms with E-state index in [9.17, 15) is 32.9 Å². The number of nitrogens with zero attached hydrogens (tertiary/aromatic N) is 3. The second-order valence-corrected chi connectivity index (χ2v) is 7.34. The van der Waals surface area contributed by atoms with Crippen LogP contribution in [0.3, 0.4) is 0 Å². The molecule has 1 heterocycles. The Balaban J connectivity index is 3.20. The number of halogens is 3. The van der Waals surface area contributed by atoms with Crippen molar-refractivity contribution in [1.29, 1.82) is 0 Å². The van der Waals surface area contributed by atoms with Crippen molar-refractivity contribution in [3.63, 3.8) is 0 Å². The molecule has 0 aliphatic carbocycles. The minimum Gasteiger partial charge on any atom is -0.442 e. The largest absolute Gasteiger partial charge is 0.442 e. The monoisotopic (exact) mass is 371 g/mol. The molecular formula is C13H20F3N3O6. The van der Waals surface area contributed by atoms with Gasteiger partial charge in [0.25, 0.3) is 0 Å². The quantitative estimate of drug-likeness (QED) is 0.418. The molecule has 0 spiro atoms. The van der Waals surface area contributed by atoms with Gasteiger partial charge in [-0.25, -0.2) is 9.59 Å². The van der Waals surface area contributed by atoms with Crippen LogP contribution in [0.15, 0.2) is 0 Å². The molecule has 144 valence electrons. The van der Waals surface area contributed by atoms with Crippen molar-refractivity contribution in [2.45, 2.75) is 71.1 Å². The molecule has 1 saturated heterocycles. The zero-order chi connectivity index (χ0) is 20.0. The second kappa shape index (κ2) is 6.32. The summed E-state index contributed by atoms with van der Waals surface area (Å²) < 4.78 is 48.7. The number of hydrogen-bond acceptors (Lipinski definition) is 7. The van der Waals surface area contributed by atoms with E-state index < -0.39 is 46.7 Å². The number of rotatable bonds is 2. The smallest absolute Gasteiger partial charge is 0.435 e. The number of nitro groups is 1. The first-order chi connectivity index (χ1) is 11.0. The van der Waals surface area contributed by atoms with Crippen LogP contribution in [0, 0.1) is 10.1 Å². The number of carbonyl (C=O) groups is 2. The molecule has 25 heavy (non-hydrogen) atoms. The second-order valence-electron chi connectivity index (χ2n) is 7.34. The highest BCUT2D eigenvalue weighted by atomic mass is 19.4. The summed E-state index contributed by atoms with van der Waals surface area (Å²) in [5.41, 5.74) is -2.30. The van der Waals surface area contributed by atoms with E-state index in [0.717, 1.165) is 0 Å². The normalized spacial score (nSPS) is 23.6. The summed E-state index contributed by atoms with van der Waals surface area (Å²) in [5, 5.41) is 10.8. The van der Waals surface area contributed by atoms with Crippen LogP contribution in [-0.4, -0.2) is 56.7 Å². The summed E-state index contributed by atoms with van der Waals surface area (Å²) in [6.07, 6.45) is -10.3. The van der Waals surface area contributed by atoms with Crippen LogP contribution in [0.5, 0.6) is 0 Å². The van der Waals surface area contributed by atoms with Crippen molar-refractivity contribution in [2.24, 2.45) is 0 Å². The van der Waals surface area contributed by atoms with Crippen LogP contribution in [-0.2, 0) is 9.47 Å². The van der Waals surface area contributed by atoms with Gasteiger partial charge in [-0.15, -0.1) is 10.0 Å². The number of alkyl halides is 3. The Bertz CT molecular complexity index is 539. The summed E-state index contributed by atoms with van der Waals surface area (Å²) in [6.45, 7) is 8.54. The lowest BCUT2D eigenvalue weighted by atomic mass is 10.2. The van der Waals surface area contributed by atoms with Crippen molar-refractivity contribution in [3.05, 3.63) is 10.1 Å². The molecule has 1 aliphatic rings. The van der Waals surface area contributed by atoms with Crippen molar-refractivity contribution in [1.82, 2.24) is 10.0 Å². The fourth-order valence-corrected chi connectivity index (χ4v) is 1.85. The van der Waals surface area contributed by atoms with E-state index >= 15 is 0 Å². The Morgan fingerprint density at radius 1 is 1.00 bits per heavy atom. The first kappa shape index (κ1) is 20.9. The number of imide groups is 1. The van der Waals surface area contributed by atoms with E-state index in [0.29, 0.717) is 0 Å². The SMILES string of the molecule is CC(C)(C)OC(=O)N(C(=O)OC(C)(C)C)N1[C@@H]([N+](=O)[O-])[C@@H]1C(F)(F)F. The molecule has 12 heteroatoms. The van der Waals surface area contributed by atoms with Gasteiger partial charge in [0.05, 0.1) is 0 Å². The minimum absolute atomic E-state index is 0.0118. The molecule has 3 atom stereocenters. The fraction of sp³-hybridized carbons (Fsp3) is 0.846. The standard InChI is InChI=1S/C13H20F3N3O6/c1-11(2,3)24-9(20)18(10(21)25-12(4,5)6)17-7(13(14,15)16)8(17)19(22)23/h7-8H,1-6H3/t7-,8+,17?/m1/s1. The average Bonchev–Trinajstić information content (AvgIpc) is 2.98. The first-order valence-corrected chi connectivity index (χ1v) is 7.20. The van der Waals surface area contributed by atoms with E-state index in [-0.39, 0.29) is 10.0 Å². The molecule has 0 radical (unpaired) electrons. The van der Waals surface area contributed by atoms with Crippen LogP contribution >= 0.6 is 0 Å². The number of hydrazine groups is 1. The van der Waals surface area contributed by atoms with Gasteiger partial charge in [-0.1, -0.05) is 0 Å². The van der Waals surface area contributed by atoms with Crippen molar-refractivity contribution >= 4 is 12.2 Å². The fourth-order valence-electron chi connectivity index (χ4n) is 1.85. The molecule has 1 fully saturated rings. The number of ether oxygens (including phenoxy) is 2. The highest BCUT2D eigenvalue weighted by Crippen LogP contribution is 2.43. The average molecular weight is 371 g/mol. The Kier molecular flexibility index (Phi) is 5.29. The third kappa shape index (κ3) is 5.44. The molecule has 0 N–H and O–H groups in total. The lowest BCUT2D eigenvalue weighted by molar-refractivity contribution is -0.512. The van der Waals surface area contributed by atoms with Gasteiger partial charge in [0.15, 0.2) is 0 Å². The van der Waals surface area contributed by atoms with Crippen LogP contribution < -0.4 is 0 Å². The van der Waals surface area contributed by atoms with Crippen LogP contribution in [0.2, 0.25) is 0 Å². The lowest BCUT2D eigenvalue weighted by Crippen LogP contribution is -2.48. The van der Waals surface area contributed by atoms with Gasteiger partial charge < -0.3 is 9.47 Å². The van der Waals surface area contributed by atoms with E-state index in [2.05, 4.69) is 0 Å². The predicted octanol–water partition coefficient (Wildman–Crippen LogP) is 2.92. The van der Waals surface area contributed by atoms with Gasteiger partial charge in [-0.2, -0.15) is 13.2 Å². The van der Waals surface area contributed by atoms with E-state index in [1.54, 1.807) is 0 Å². The lowest BCUT2D eigenvalue weighted by Gasteiger charge is -2.28. The van der Waals surface area contributed by atoms with E-state index in [1.165, 1.54) is 41.5 Å². The van der Waals surface area contributed by atoms with Crippen LogP contribution in [0.1, 0.15) is 41.5 Å². The van der Waals surface area contributed by atoms with Gasteiger partial charge in [0.2, 0.25) is 6.04 Å². The maximum atomic E-state index is 13.0. The Morgan fingerprint density at radius 3 is 1.56 bits per heavy atom. The molecular weight excluding hydrogens is 351 g/mol. The minimum atomic E-state index is -5.03. The number of hydrogen-bond donors (Lipinski definition) is 0. The third-order valence-corrected chi connectivity index (χ3v) is 2.66. The van der Waals surface area contributed by atoms with Gasteiger partial charge in [0, 0.05) is 4.92 Å². The predicted molar refractivity (Wildman–Crippen MR) is 76.8 cm³/mol. The van der Waals surface area contributed by atoms with Gasteiger partial charge in [0.1, 0.15) is 11.2 Å². The first-order valence-electron chi connectivity index (χ1n) is 7.20. The molecule has 9 nitrogen and oxygen atoms in total. The maximum absolute atomic E-state index is 13.0. The summed E-state index contributed by atoms with van der Waals surface area (Å²) in [7, 11) is 0. The number of carbonyl (C=O) groups excluding carboxylic acids is 2. The zero-order valence-corrected chi connectivity index (χ0v) is 14.6. The summed E-state index contributed by atoms with van der Waals surface area (Å²) in [4.78, 5) is 34.0. The summed E-state index contributed by atoms with van der Waals surface area (Å²) in [5.74, 6) is 0. The third-order valence-electron chi connectivity index (χ3n) is 2.66. The molecule has 0 aromatic carbocycles. The molecule has 1 rings (SSSR count). The van der Waals surface area contributed by atoms with Crippen molar-refractivity contribution < 1.29 is 37.2 Å². The van der Waals surface area contributed by atoms with Gasteiger partial charge in [-0.05, 0) is 41.5 Å². The molecule has 2 amide bonds. The molecule has 1 aliphatic heterocycles. The molecule has 0 aromatic heterocycles. The van der Waals surface area contributed by atoms with Crippen LogP contribution in [0.4, 0.5) is 22.8 Å². The van der Waals surface area contributed by atoms with Gasteiger partial charge in [-0.3, -0.25) is 10.1 Å². The van der Waals surface area contributed by atoms with Crippen LogP contribution in [0.25, 0.3) is 0 Å².